The Labute approximate surface area is 538 Å². The average Bonchev–Trinajstić information content (AvgIpc) is 1.52. The molecule has 0 aromatic rings. The number of allylic oxidation sites excluding steroid dienone is 3. The van der Waals surface area contributed by atoms with Gasteiger partial charge in [-0.05, 0) is 94.8 Å². The zero-order valence-corrected chi connectivity index (χ0v) is 54.5. The van der Waals surface area contributed by atoms with E-state index in [-0.39, 0.29) is 30.0 Å². The quantitative estimate of drug-likeness (QED) is 0.0241. The van der Waals surface area contributed by atoms with Crippen LogP contribution in [0.25, 0.3) is 0 Å². The number of rotatable bonds is 21. The highest BCUT2D eigenvalue weighted by atomic mass is 32.3. The largest absolute Gasteiger partial charge is 0.726 e. The van der Waals surface area contributed by atoms with E-state index in [4.69, 9.17) is 61.0 Å². The Morgan fingerprint density at radius 1 is 0.688 bits per heavy atom. The fourth-order valence-electron chi connectivity index (χ4n) is 17.4. The summed E-state index contributed by atoms with van der Waals surface area (Å²) in [5, 5.41) is 112. The van der Waals surface area contributed by atoms with Crippen LogP contribution in [-0.4, -0.2) is 275 Å². The molecule has 1 spiro atoms. The van der Waals surface area contributed by atoms with E-state index in [0.29, 0.717) is 44.9 Å². The molecule has 31 unspecified atom stereocenters. The molecule has 6 aliphatic heterocycles. The molecule has 32 nitrogen and oxygen atoms in total. The number of ether oxygens (including phenoxy) is 12. The summed E-state index contributed by atoms with van der Waals surface area (Å²) in [6.45, 7) is 14.0. The molecule has 0 bridgehead atoms. The minimum atomic E-state index is -5.55. The Balaban J connectivity index is 0.904. The van der Waals surface area contributed by atoms with Crippen LogP contribution in [0.2, 0.25) is 0 Å². The minimum absolute atomic E-state index is 0.0189. The van der Waals surface area contributed by atoms with E-state index in [9.17, 15) is 86.6 Å². The molecule has 10 rings (SSSR count). The number of carbonyl (C=O) groups is 2. The SMILES string of the molecule is C=C(C)CCCC1(C)OC(=O)C23CCC4C(=CCC5C(C)(C)C(OC6OCC(OS(=O)(=O)[O-])C(O)C6OC6OC(C)C(OC7OC(CO)C(O)C(OC8OC(COS(=O)(=O)[O-])C(O)C(OC)C8O)C7O)C(O)C6OC6OCC(O)C(O)C6O)CCC45C)C2(C)CC(=O)C13. The van der Waals surface area contributed by atoms with E-state index in [1.807, 2.05) is 34.6 Å². The first-order chi connectivity index (χ1) is 43.4. The molecule has 0 amide bonds. The van der Waals surface area contributed by atoms with Crippen LogP contribution >= 0.6 is 0 Å². The molecule has 34 heteroatoms. The van der Waals surface area contributed by atoms with Crippen molar-refractivity contribution in [1.82, 2.24) is 0 Å². The van der Waals surface area contributed by atoms with Gasteiger partial charge in [0.05, 0.1) is 50.0 Å². The highest BCUT2D eigenvalue weighted by molar-refractivity contribution is 7.81. The summed E-state index contributed by atoms with van der Waals surface area (Å²) in [6, 6.07) is 0. The summed E-state index contributed by atoms with van der Waals surface area (Å²) < 4.78 is 151. The van der Waals surface area contributed by atoms with E-state index in [1.54, 1.807) is 0 Å². The fourth-order valence-corrected chi connectivity index (χ4v) is 18.1. The maximum Gasteiger partial charge on any atom is 0.314 e. The van der Waals surface area contributed by atoms with Gasteiger partial charge in [-0.1, -0.05) is 44.9 Å². The zero-order valence-electron chi connectivity index (χ0n) is 52.8. The molecule has 0 aromatic carbocycles. The first-order valence-corrected chi connectivity index (χ1v) is 34.1. The van der Waals surface area contributed by atoms with E-state index in [0.717, 1.165) is 24.7 Å². The van der Waals surface area contributed by atoms with Crippen molar-refractivity contribution in [2.45, 2.75) is 259 Å². The van der Waals surface area contributed by atoms with E-state index in [1.165, 1.54) is 6.92 Å². The van der Waals surface area contributed by atoms with Crippen molar-refractivity contribution >= 4 is 32.6 Å². The topological polar surface area (TPSA) is 480 Å². The Morgan fingerprint density at radius 3 is 1.95 bits per heavy atom. The van der Waals surface area contributed by atoms with Crippen LogP contribution in [0.3, 0.4) is 0 Å². The van der Waals surface area contributed by atoms with Crippen LogP contribution in [0.15, 0.2) is 23.8 Å². The molecule has 31 atom stereocenters. The minimum Gasteiger partial charge on any atom is -0.726 e. The van der Waals surface area contributed by atoms with E-state index in [2.05, 4.69) is 23.8 Å². The number of methoxy groups -OCH3 is 1. The number of esters is 1. The molecule has 4 aliphatic carbocycles. The molecule has 0 radical (unpaired) electrons. The summed E-state index contributed by atoms with van der Waals surface area (Å²) in [5.41, 5.74) is -1.91. The van der Waals surface area contributed by atoms with Crippen molar-refractivity contribution in [3.8, 4) is 0 Å². The molecule has 93 heavy (non-hydrogen) atoms. The number of Topliss-reactive ketones (excluding diaryl/α,β-unsaturated/α-hetero) is 1. The maximum atomic E-state index is 14.5. The number of fused-ring (bicyclic) bond motifs is 4. The van der Waals surface area contributed by atoms with Gasteiger partial charge in [-0.15, -0.1) is 6.58 Å². The predicted octanol–water partition coefficient (Wildman–Crippen LogP) is -2.78. The summed E-state index contributed by atoms with van der Waals surface area (Å²) in [7, 11) is -9.86. The van der Waals surface area contributed by atoms with Crippen molar-refractivity contribution < 1.29 is 152 Å². The number of aliphatic hydroxyl groups excluding tert-OH is 10. The molecule has 6 saturated heterocycles. The van der Waals surface area contributed by atoms with Crippen LogP contribution in [0, 0.1) is 39.4 Å². The Kier molecular flexibility index (Phi) is 21.4. The standard InChI is InChI=1S/C59H92O32S2/c1-24(2)11-10-16-58(8)48-28(61)19-57(7)27-12-13-33-55(4,5)34(15-17-56(33,6)26(27)14-18-59(48,57)54(71)90-58)85-52-46(38(66)32(22-80-52)91-93(75,76)77)89-53-47(88-49-39(67)35(63)29(62)21-79-49)40(68)43(25(3)82-53)86-51-42(70)45(36(64)30(20-60)83-51)87-50-41(69)44(78-9)37(65)31(84-50)23-81-92(72,73)74/h12,25-26,29-53,60,62-70H,1,10-11,13-23H2,2-9H3,(H,72,73,74)(H,75,76,77)/p-2. The monoisotopic (exact) mass is 1370 g/mol. The van der Waals surface area contributed by atoms with E-state index < -0.39 is 228 Å². The fraction of sp³-hybridized carbons (Fsp3) is 0.898. The molecule has 532 valence electrons. The maximum absolute atomic E-state index is 14.5. The van der Waals surface area contributed by atoms with Crippen molar-refractivity contribution in [2.24, 2.45) is 39.4 Å². The summed E-state index contributed by atoms with van der Waals surface area (Å²) >= 11 is 0. The van der Waals surface area contributed by atoms with Gasteiger partial charge in [-0.3, -0.25) is 18.0 Å². The number of aliphatic hydroxyl groups is 10. The second kappa shape index (κ2) is 27.2. The van der Waals surface area contributed by atoms with Gasteiger partial charge >= 0.3 is 5.97 Å². The van der Waals surface area contributed by atoms with Crippen LogP contribution in [0.5, 0.6) is 0 Å². The van der Waals surface area contributed by atoms with Crippen LogP contribution < -0.4 is 0 Å². The lowest BCUT2D eigenvalue weighted by Crippen LogP contribution is -2.68. The Bertz CT molecular complexity index is 2970. The van der Waals surface area contributed by atoms with Gasteiger partial charge in [0.25, 0.3) is 0 Å². The van der Waals surface area contributed by atoms with Gasteiger partial charge in [-0.2, -0.15) is 0 Å². The predicted molar refractivity (Wildman–Crippen MR) is 305 cm³/mol. The lowest BCUT2D eigenvalue weighted by atomic mass is 9.41. The van der Waals surface area contributed by atoms with Gasteiger partial charge in [0.1, 0.15) is 115 Å². The molecule has 10 aliphatic rings. The molecular formula is C59H90O32S2-2. The van der Waals surface area contributed by atoms with Crippen molar-refractivity contribution in [3.05, 3.63) is 23.8 Å². The number of hydrogen-bond donors (Lipinski definition) is 10. The highest BCUT2D eigenvalue weighted by Crippen LogP contribution is 2.75. The first kappa shape index (κ1) is 73.2. The van der Waals surface area contributed by atoms with Crippen molar-refractivity contribution in [1.29, 1.82) is 0 Å². The van der Waals surface area contributed by atoms with Crippen molar-refractivity contribution in [3.63, 3.8) is 0 Å². The third-order valence-corrected chi connectivity index (χ3v) is 22.9. The van der Waals surface area contributed by atoms with Gasteiger partial charge < -0.3 is 117 Å². The van der Waals surface area contributed by atoms with E-state index >= 15 is 0 Å². The number of hydrogen-bond acceptors (Lipinski definition) is 32. The Hall–Kier alpha value is -2.48. The van der Waals surface area contributed by atoms with Gasteiger partial charge in [0.2, 0.25) is 20.8 Å². The summed E-state index contributed by atoms with van der Waals surface area (Å²) in [4.78, 5) is 28.9. The molecular weight excluding hydrogens is 1280 g/mol. The van der Waals surface area contributed by atoms with Gasteiger partial charge in [0, 0.05) is 18.9 Å². The number of carbonyl (C=O) groups excluding carboxylic acids is 2. The molecule has 0 aromatic heterocycles. The lowest BCUT2D eigenvalue weighted by molar-refractivity contribution is -0.403. The number of cyclic esters (lactones) is 1. The number of ketones is 1. The smallest absolute Gasteiger partial charge is 0.314 e. The van der Waals surface area contributed by atoms with Crippen LogP contribution in [0.1, 0.15) is 106 Å². The first-order valence-electron chi connectivity index (χ1n) is 31.4. The molecule has 3 saturated carbocycles. The Morgan fingerprint density at radius 2 is 1.30 bits per heavy atom. The van der Waals surface area contributed by atoms with Crippen LogP contribution in [-0.2, 0) is 95.6 Å². The average molecular weight is 1380 g/mol. The third kappa shape index (κ3) is 13.5. The second-order valence-electron chi connectivity index (χ2n) is 28.1. The third-order valence-electron chi connectivity index (χ3n) is 22.0. The molecule has 6 heterocycles. The lowest BCUT2D eigenvalue weighted by Gasteiger charge is -2.63. The molecule has 10 N–H and O–H groups in total. The summed E-state index contributed by atoms with van der Waals surface area (Å²) in [5.74, 6) is -1.10. The van der Waals surface area contributed by atoms with Gasteiger partial charge in [0.15, 0.2) is 31.5 Å². The second-order valence-corrected chi connectivity index (χ2v) is 30.2. The normalized spacial score (nSPS) is 49.2. The summed E-state index contributed by atoms with van der Waals surface area (Å²) in [6.07, 6.45) is -37.6. The van der Waals surface area contributed by atoms with Crippen molar-refractivity contribution in [2.75, 3.05) is 33.5 Å². The van der Waals surface area contributed by atoms with Crippen LogP contribution in [0.4, 0.5) is 0 Å². The highest BCUT2D eigenvalue weighted by Gasteiger charge is 2.79. The molecule has 9 fully saturated rings. The van der Waals surface area contributed by atoms with Gasteiger partial charge in [-0.25, -0.2) is 16.8 Å². The zero-order chi connectivity index (χ0) is 68.2.